The van der Waals surface area contributed by atoms with Crippen LogP contribution in [-0.2, 0) is 11.3 Å². The van der Waals surface area contributed by atoms with Gasteiger partial charge in [0.25, 0.3) is 0 Å². The summed E-state index contributed by atoms with van der Waals surface area (Å²) in [6.45, 7) is 2.64. The highest BCUT2D eigenvalue weighted by molar-refractivity contribution is 5.83. The standard InChI is InChI=1S/C20H24F2N2O2/c1-3-24(4-2)18(15-10-6-5-7-11-15)19(25)23-14-16-12-8-9-13-17(16)26-20(21)22/h5-13,18,20H,3-4,14H2,1-2H3,(H,23,25). The molecule has 0 saturated heterocycles. The summed E-state index contributed by atoms with van der Waals surface area (Å²) in [5.74, 6) is -0.103. The number of amides is 1. The van der Waals surface area contributed by atoms with Crippen molar-refractivity contribution in [3.05, 3.63) is 65.7 Å². The molecule has 0 fully saturated rings. The molecule has 26 heavy (non-hydrogen) atoms. The molecule has 2 rings (SSSR count). The van der Waals surface area contributed by atoms with Crippen molar-refractivity contribution in [3.8, 4) is 5.75 Å². The van der Waals surface area contributed by atoms with Crippen LogP contribution in [0, 0.1) is 0 Å². The zero-order valence-corrected chi connectivity index (χ0v) is 15.0. The number of ether oxygens (including phenoxy) is 1. The van der Waals surface area contributed by atoms with Crippen molar-refractivity contribution in [2.24, 2.45) is 0 Å². The molecular formula is C20H24F2N2O2. The molecule has 4 nitrogen and oxygen atoms in total. The van der Waals surface area contributed by atoms with Gasteiger partial charge >= 0.3 is 6.61 Å². The Morgan fingerprint density at radius 1 is 1.04 bits per heavy atom. The van der Waals surface area contributed by atoms with Crippen molar-refractivity contribution >= 4 is 5.91 Å². The van der Waals surface area contributed by atoms with E-state index >= 15 is 0 Å². The minimum Gasteiger partial charge on any atom is -0.434 e. The fourth-order valence-corrected chi connectivity index (χ4v) is 2.89. The molecule has 0 aromatic heterocycles. The number of halogens is 2. The predicted octanol–water partition coefficient (Wildman–Crippen LogP) is 3.99. The van der Waals surface area contributed by atoms with E-state index in [9.17, 15) is 13.6 Å². The van der Waals surface area contributed by atoms with E-state index in [1.165, 1.54) is 6.07 Å². The minimum atomic E-state index is -2.90. The molecule has 0 aliphatic carbocycles. The number of hydrogen-bond donors (Lipinski definition) is 1. The van der Waals surface area contributed by atoms with E-state index in [-0.39, 0.29) is 18.2 Å². The maximum absolute atomic E-state index is 12.9. The first kappa shape index (κ1) is 19.8. The fraction of sp³-hybridized carbons (Fsp3) is 0.350. The Kier molecular flexibility index (Phi) is 7.53. The third-order valence-corrected chi connectivity index (χ3v) is 4.18. The molecule has 1 atom stereocenters. The van der Waals surface area contributed by atoms with E-state index in [4.69, 9.17) is 0 Å². The summed E-state index contributed by atoms with van der Waals surface area (Å²) >= 11 is 0. The molecule has 0 spiro atoms. The fourth-order valence-electron chi connectivity index (χ4n) is 2.89. The van der Waals surface area contributed by atoms with Gasteiger partial charge in [-0.05, 0) is 24.7 Å². The highest BCUT2D eigenvalue weighted by atomic mass is 19.3. The maximum atomic E-state index is 12.9. The van der Waals surface area contributed by atoms with E-state index in [0.29, 0.717) is 18.7 Å². The van der Waals surface area contributed by atoms with Gasteiger partial charge in [0, 0.05) is 12.1 Å². The van der Waals surface area contributed by atoms with Gasteiger partial charge in [0.15, 0.2) is 0 Å². The lowest BCUT2D eigenvalue weighted by atomic mass is 10.0. The largest absolute Gasteiger partial charge is 0.434 e. The molecule has 2 aromatic rings. The van der Waals surface area contributed by atoms with Crippen molar-refractivity contribution in [2.75, 3.05) is 13.1 Å². The third kappa shape index (κ3) is 5.26. The van der Waals surface area contributed by atoms with Gasteiger partial charge in [0.1, 0.15) is 11.8 Å². The van der Waals surface area contributed by atoms with Gasteiger partial charge in [-0.15, -0.1) is 0 Å². The number of hydrogen-bond acceptors (Lipinski definition) is 3. The summed E-state index contributed by atoms with van der Waals surface area (Å²) in [5, 5.41) is 2.85. The van der Waals surface area contributed by atoms with E-state index in [1.807, 2.05) is 49.1 Å². The molecule has 1 amide bonds. The molecular weight excluding hydrogens is 338 g/mol. The minimum absolute atomic E-state index is 0.0712. The molecule has 0 heterocycles. The van der Waals surface area contributed by atoms with Crippen molar-refractivity contribution in [2.45, 2.75) is 33.0 Å². The second-order valence-corrected chi connectivity index (χ2v) is 5.74. The molecule has 1 unspecified atom stereocenters. The average Bonchev–Trinajstić information content (AvgIpc) is 2.65. The summed E-state index contributed by atoms with van der Waals surface area (Å²) in [4.78, 5) is 14.9. The van der Waals surface area contributed by atoms with Gasteiger partial charge in [-0.1, -0.05) is 62.4 Å². The van der Waals surface area contributed by atoms with E-state index < -0.39 is 12.7 Å². The molecule has 0 saturated carbocycles. The van der Waals surface area contributed by atoms with Gasteiger partial charge < -0.3 is 10.1 Å². The highest BCUT2D eigenvalue weighted by Gasteiger charge is 2.25. The van der Waals surface area contributed by atoms with Crippen LogP contribution >= 0.6 is 0 Å². The van der Waals surface area contributed by atoms with Crippen LogP contribution in [-0.4, -0.2) is 30.5 Å². The number of carbonyl (C=O) groups excluding carboxylic acids is 1. The number of para-hydroxylation sites is 1. The van der Waals surface area contributed by atoms with Gasteiger partial charge in [-0.25, -0.2) is 0 Å². The highest BCUT2D eigenvalue weighted by Crippen LogP contribution is 2.23. The monoisotopic (exact) mass is 362 g/mol. The number of likely N-dealkylation sites (N-methyl/N-ethyl adjacent to an activating group) is 1. The first-order valence-electron chi connectivity index (χ1n) is 8.66. The molecule has 0 bridgehead atoms. The first-order valence-corrected chi connectivity index (χ1v) is 8.66. The smallest absolute Gasteiger partial charge is 0.387 e. The lowest BCUT2D eigenvalue weighted by Crippen LogP contribution is -2.40. The Balaban J connectivity index is 2.15. The number of nitrogens with zero attached hydrogens (tertiary/aromatic N) is 1. The molecule has 6 heteroatoms. The van der Waals surface area contributed by atoms with E-state index in [2.05, 4.69) is 10.1 Å². The summed E-state index contributed by atoms with van der Waals surface area (Å²) in [7, 11) is 0. The summed E-state index contributed by atoms with van der Waals surface area (Å²) in [6.07, 6.45) is 0. The third-order valence-electron chi connectivity index (χ3n) is 4.18. The SMILES string of the molecule is CCN(CC)C(C(=O)NCc1ccccc1OC(F)F)c1ccccc1. The Bertz CT molecular complexity index is 691. The van der Waals surface area contributed by atoms with E-state index in [0.717, 1.165) is 5.56 Å². The van der Waals surface area contributed by atoms with Crippen molar-refractivity contribution in [3.63, 3.8) is 0 Å². The van der Waals surface area contributed by atoms with Gasteiger partial charge in [-0.3, -0.25) is 9.69 Å². The zero-order chi connectivity index (χ0) is 18.9. The number of rotatable bonds is 9. The molecule has 0 radical (unpaired) electrons. The lowest BCUT2D eigenvalue weighted by Gasteiger charge is -2.29. The van der Waals surface area contributed by atoms with Gasteiger partial charge in [-0.2, -0.15) is 8.78 Å². The van der Waals surface area contributed by atoms with Crippen LogP contribution < -0.4 is 10.1 Å². The number of benzene rings is 2. The second-order valence-electron chi connectivity index (χ2n) is 5.74. The second kappa shape index (κ2) is 9.87. The Labute approximate surface area is 152 Å². The molecule has 0 aliphatic rings. The normalized spacial score (nSPS) is 12.2. The van der Waals surface area contributed by atoms with Crippen LogP contribution in [0.25, 0.3) is 0 Å². The predicted molar refractivity (Wildman–Crippen MR) is 97.0 cm³/mol. The van der Waals surface area contributed by atoms with Crippen LogP contribution in [0.5, 0.6) is 5.75 Å². The van der Waals surface area contributed by atoms with Crippen molar-refractivity contribution < 1.29 is 18.3 Å². The Morgan fingerprint density at radius 2 is 1.65 bits per heavy atom. The molecule has 140 valence electrons. The van der Waals surface area contributed by atoms with Gasteiger partial charge in [0.2, 0.25) is 5.91 Å². The number of carbonyl (C=O) groups is 1. The average molecular weight is 362 g/mol. The Morgan fingerprint density at radius 3 is 2.27 bits per heavy atom. The summed E-state index contributed by atoms with van der Waals surface area (Å²) in [5.41, 5.74) is 1.40. The lowest BCUT2D eigenvalue weighted by molar-refractivity contribution is -0.126. The molecule has 1 N–H and O–H groups in total. The zero-order valence-electron chi connectivity index (χ0n) is 15.0. The number of nitrogens with one attached hydrogen (secondary N) is 1. The van der Waals surface area contributed by atoms with E-state index in [1.54, 1.807) is 18.2 Å². The quantitative estimate of drug-likeness (QED) is 0.733. The Hall–Kier alpha value is -2.47. The van der Waals surface area contributed by atoms with Crippen LogP contribution in [0.3, 0.4) is 0 Å². The van der Waals surface area contributed by atoms with Crippen LogP contribution in [0.1, 0.15) is 31.0 Å². The molecule has 0 aliphatic heterocycles. The maximum Gasteiger partial charge on any atom is 0.387 e. The van der Waals surface area contributed by atoms with Crippen LogP contribution in [0.2, 0.25) is 0 Å². The summed E-state index contributed by atoms with van der Waals surface area (Å²) < 4.78 is 29.6. The molecule has 2 aromatic carbocycles. The topological polar surface area (TPSA) is 41.6 Å². The summed E-state index contributed by atoms with van der Waals surface area (Å²) in [6, 6.07) is 15.5. The van der Waals surface area contributed by atoms with Gasteiger partial charge in [0.05, 0.1) is 0 Å². The number of alkyl halides is 2. The van der Waals surface area contributed by atoms with Crippen LogP contribution in [0.15, 0.2) is 54.6 Å². The first-order chi connectivity index (χ1) is 12.6. The van der Waals surface area contributed by atoms with Crippen molar-refractivity contribution in [1.82, 2.24) is 10.2 Å². The van der Waals surface area contributed by atoms with Crippen LogP contribution in [0.4, 0.5) is 8.78 Å². The van der Waals surface area contributed by atoms with Crippen molar-refractivity contribution in [1.29, 1.82) is 0 Å².